The summed E-state index contributed by atoms with van der Waals surface area (Å²) in [6, 6.07) is 11.0. The van der Waals surface area contributed by atoms with Gasteiger partial charge in [-0.15, -0.1) is 0 Å². The molecule has 4 rings (SSSR count). The van der Waals surface area contributed by atoms with Gasteiger partial charge in [-0.05, 0) is 75.1 Å². The highest BCUT2D eigenvalue weighted by atomic mass is 32.2. The molecular weight excluding hydrogens is 414 g/mol. The average Bonchev–Trinajstić information content (AvgIpc) is 3.54. The Morgan fingerprint density at radius 2 is 2.03 bits per heavy atom. The molecule has 1 aliphatic carbocycles. The van der Waals surface area contributed by atoms with E-state index >= 15 is 0 Å². The molecule has 0 bridgehead atoms. The van der Waals surface area contributed by atoms with Gasteiger partial charge in [0.05, 0.1) is 17.9 Å². The first-order valence-corrected chi connectivity index (χ1v) is 11.2. The van der Waals surface area contributed by atoms with Crippen molar-refractivity contribution in [1.29, 1.82) is 0 Å². The van der Waals surface area contributed by atoms with Crippen molar-refractivity contribution >= 4 is 29.5 Å². The first kappa shape index (κ1) is 21.5. The summed E-state index contributed by atoms with van der Waals surface area (Å²) >= 11 is 1.23. The second-order valence-corrected chi connectivity index (χ2v) is 9.09. The van der Waals surface area contributed by atoms with E-state index < -0.39 is 5.97 Å². The van der Waals surface area contributed by atoms with E-state index in [9.17, 15) is 14.7 Å². The quantitative estimate of drug-likeness (QED) is 0.404. The van der Waals surface area contributed by atoms with Gasteiger partial charge >= 0.3 is 5.97 Å². The lowest BCUT2D eigenvalue weighted by molar-refractivity contribution is 0.0692. The number of amides is 1. The van der Waals surface area contributed by atoms with Gasteiger partial charge in [0.25, 0.3) is 5.91 Å². The van der Waals surface area contributed by atoms with Gasteiger partial charge in [-0.25, -0.2) is 4.79 Å². The standard InChI is InChI=1S/C23H27N3O4S/c1-26(2)11-5-10-24-22(27)16-6-3-4-7-19(16)31-25-18-9-8-15-17-12-14(17)13-30-21(15)20(18)23(28)29/h3-4,6-9,14,17,25H,5,10-13H2,1-2H3,(H,24,27)(H,28,29). The molecular formula is C23H27N3O4S. The molecule has 1 heterocycles. The van der Waals surface area contributed by atoms with Crippen molar-refractivity contribution in [2.45, 2.75) is 23.7 Å². The zero-order chi connectivity index (χ0) is 22.0. The van der Waals surface area contributed by atoms with Crippen molar-refractivity contribution in [1.82, 2.24) is 10.2 Å². The summed E-state index contributed by atoms with van der Waals surface area (Å²) in [5.74, 6) is 0.247. The van der Waals surface area contributed by atoms with Crippen LogP contribution in [0, 0.1) is 5.92 Å². The molecule has 1 aliphatic heterocycles. The van der Waals surface area contributed by atoms with Crippen molar-refractivity contribution < 1.29 is 19.4 Å². The summed E-state index contributed by atoms with van der Waals surface area (Å²) in [7, 11) is 4.00. The summed E-state index contributed by atoms with van der Waals surface area (Å²) in [6.45, 7) is 2.07. The Hall–Kier alpha value is -2.71. The van der Waals surface area contributed by atoms with Crippen LogP contribution in [0.3, 0.4) is 0 Å². The van der Waals surface area contributed by atoms with E-state index in [4.69, 9.17) is 4.74 Å². The molecule has 2 unspecified atom stereocenters. The number of nitrogens with one attached hydrogen (secondary N) is 2. The molecule has 1 saturated carbocycles. The Kier molecular flexibility index (Phi) is 6.38. The minimum atomic E-state index is -1.02. The van der Waals surface area contributed by atoms with E-state index in [-0.39, 0.29) is 11.5 Å². The SMILES string of the molecule is CN(C)CCCNC(=O)c1ccccc1SNc1ccc2c(c1C(=O)O)OCC1CC21. The first-order chi connectivity index (χ1) is 15.0. The zero-order valence-electron chi connectivity index (χ0n) is 17.7. The van der Waals surface area contributed by atoms with Gasteiger partial charge in [0.1, 0.15) is 11.3 Å². The molecule has 0 saturated heterocycles. The smallest absolute Gasteiger partial charge is 0.341 e. The fourth-order valence-electron chi connectivity index (χ4n) is 3.89. The molecule has 7 nitrogen and oxygen atoms in total. The second kappa shape index (κ2) is 9.20. The predicted molar refractivity (Wildman–Crippen MR) is 121 cm³/mol. The normalized spacial score (nSPS) is 18.5. The third-order valence-corrected chi connectivity index (χ3v) is 6.53. The van der Waals surface area contributed by atoms with Crippen LogP contribution in [0.25, 0.3) is 0 Å². The fraction of sp³-hybridized carbons (Fsp3) is 0.391. The average molecular weight is 442 g/mol. The van der Waals surface area contributed by atoms with Crippen molar-refractivity contribution in [3.63, 3.8) is 0 Å². The number of benzene rings is 2. The molecule has 3 N–H and O–H groups in total. The molecule has 8 heteroatoms. The number of hydrogen-bond acceptors (Lipinski definition) is 6. The van der Waals surface area contributed by atoms with Crippen LogP contribution in [0.5, 0.6) is 5.75 Å². The first-order valence-electron chi connectivity index (χ1n) is 10.4. The van der Waals surface area contributed by atoms with Crippen LogP contribution in [-0.4, -0.2) is 55.7 Å². The van der Waals surface area contributed by atoms with Crippen LogP contribution in [0.15, 0.2) is 41.3 Å². The zero-order valence-corrected chi connectivity index (χ0v) is 18.5. The lowest BCUT2D eigenvalue weighted by Crippen LogP contribution is -2.27. The van der Waals surface area contributed by atoms with Gasteiger partial charge in [-0.1, -0.05) is 18.2 Å². The van der Waals surface area contributed by atoms with E-state index in [0.29, 0.717) is 42.0 Å². The van der Waals surface area contributed by atoms with Gasteiger partial charge in [0.15, 0.2) is 0 Å². The van der Waals surface area contributed by atoms with Crippen molar-refractivity contribution in [2.24, 2.45) is 5.92 Å². The highest BCUT2D eigenvalue weighted by Crippen LogP contribution is 2.55. The molecule has 2 aliphatic rings. The molecule has 0 aromatic heterocycles. The van der Waals surface area contributed by atoms with Gasteiger partial charge in [0, 0.05) is 17.4 Å². The summed E-state index contributed by atoms with van der Waals surface area (Å²) in [5.41, 5.74) is 2.16. The summed E-state index contributed by atoms with van der Waals surface area (Å²) in [5, 5.41) is 12.8. The van der Waals surface area contributed by atoms with Gasteiger partial charge in [-0.2, -0.15) is 0 Å². The van der Waals surface area contributed by atoms with Crippen LogP contribution >= 0.6 is 11.9 Å². The number of carbonyl (C=O) groups excluding carboxylic acids is 1. The highest BCUT2D eigenvalue weighted by molar-refractivity contribution is 8.00. The van der Waals surface area contributed by atoms with Crippen LogP contribution in [0.4, 0.5) is 5.69 Å². The predicted octanol–water partition coefficient (Wildman–Crippen LogP) is 3.68. The Labute approximate surface area is 186 Å². The maximum atomic E-state index is 12.6. The van der Waals surface area contributed by atoms with E-state index in [2.05, 4.69) is 14.9 Å². The Morgan fingerprint density at radius 1 is 1.23 bits per heavy atom. The minimum absolute atomic E-state index is 0.143. The maximum Gasteiger partial charge on any atom is 0.341 e. The van der Waals surface area contributed by atoms with E-state index in [0.717, 1.165) is 29.8 Å². The molecule has 2 atom stereocenters. The Bertz CT molecular complexity index is 995. The minimum Gasteiger partial charge on any atom is -0.492 e. The van der Waals surface area contributed by atoms with Crippen molar-refractivity contribution in [3.05, 3.63) is 53.1 Å². The fourth-order valence-corrected chi connectivity index (χ4v) is 4.70. The van der Waals surface area contributed by atoms with E-state index in [1.54, 1.807) is 12.1 Å². The van der Waals surface area contributed by atoms with Crippen molar-refractivity contribution in [3.8, 4) is 5.75 Å². The number of carbonyl (C=O) groups is 2. The lowest BCUT2D eigenvalue weighted by Gasteiger charge is -2.21. The third kappa shape index (κ3) is 4.80. The molecule has 164 valence electrons. The maximum absolute atomic E-state index is 12.6. The number of carboxylic acids is 1. The van der Waals surface area contributed by atoms with Crippen LogP contribution in [0.2, 0.25) is 0 Å². The summed E-state index contributed by atoms with van der Waals surface area (Å²) in [6.07, 6.45) is 1.93. The number of hydrogen-bond donors (Lipinski definition) is 3. The number of carboxylic acid groups (broad SMARTS) is 1. The van der Waals surface area contributed by atoms with Gasteiger partial charge < -0.3 is 24.8 Å². The van der Waals surface area contributed by atoms with Gasteiger partial charge in [0.2, 0.25) is 0 Å². The van der Waals surface area contributed by atoms with Crippen LogP contribution in [-0.2, 0) is 0 Å². The van der Waals surface area contributed by atoms with Gasteiger partial charge in [-0.3, -0.25) is 4.79 Å². The second-order valence-electron chi connectivity index (χ2n) is 8.24. The molecule has 2 aromatic rings. The molecule has 0 spiro atoms. The highest BCUT2D eigenvalue weighted by Gasteiger charge is 2.45. The third-order valence-electron chi connectivity index (χ3n) is 5.64. The summed E-state index contributed by atoms with van der Waals surface area (Å²) in [4.78, 5) is 27.4. The number of rotatable bonds is 9. The molecule has 0 radical (unpaired) electrons. The molecule has 1 fully saturated rings. The number of anilines is 1. The monoisotopic (exact) mass is 441 g/mol. The summed E-state index contributed by atoms with van der Waals surface area (Å²) < 4.78 is 8.93. The lowest BCUT2D eigenvalue weighted by atomic mass is 10.0. The molecule has 1 amide bonds. The number of ether oxygens (including phenoxy) is 1. The Morgan fingerprint density at radius 3 is 2.81 bits per heavy atom. The number of aromatic carboxylic acids is 1. The molecule has 2 aromatic carbocycles. The largest absolute Gasteiger partial charge is 0.492 e. The topological polar surface area (TPSA) is 90.9 Å². The Balaban J connectivity index is 1.48. The van der Waals surface area contributed by atoms with Crippen LogP contribution < -0.4 is 14.8 Å². The van der Waals surface area contributed by atoms with Crippen LogP contribution in [0.1, 0.15) is 45.0 Å². The number of nitrogens with zero attached hydrogens (tertiary/aromatic N) is 1. The van der Waals surface area contributed by atoms with E-state index in [1.807, 2.05) is 38.4 Å². The van der Waals surface area contributed by atoms with Crippen molar-refractivity contribution in [2.75, 3.05) is 38.5 Å². The van der Waals surface area contributed by atoms with E-state index in [1.165, 1.54) is 11.9 Å². The molecule has 31 heavy (non-hydrogen) atoms. The number of fused-ring (bicyclic) bond motifs is 3.